The molecule has 2 aromatic heterocycles. The Kier molecular flexibility index (Phi) is 2.44. The van der Waals surface area contributed by atoms with Crippen LogP contribution in [0, 0.1) is 13.8 Å². The van der Waals surface area contributed by atoms with Gasteiger partial charge in [-0.1, -0.05) is 0 Å². The summed E-state index contributed by atoms with van der Waals surface area (Å²) in [5.74, 6) is -0.247. The molecule has 5 heteroatoms. The molecule has 2 aromatic rings. The maximum absolute atomic E-state index is 11.1. The van der Waals surface area contributed by atoms with E-state index >= 15 is 0 Å². The van der Waals surface area contributed by atoms with Crippen LogP contribution in [-0.2, 0) is 0 Å². The lowest BCUT2D eigenvalue weighted by Gasteiger charge is -2.09. The van der Waals surface area contributed by atoms with E-state index in [4.69, 9.17) is 5.11 Å². The number of pyridine rings is 1. The van der Waals surface area contributed by atoms with Crippen LogP contribution >= 0.6 is 0 Å². The normalized spacial score (nSPS) is 10.4. The van der Waals surface area contributed by atoms with Crippen LogP contribution in [0.2, 0.25) is 0 Å². The quantitative estimate of drug-likeness (QED) is 0.829. The third-order valence-corrected chi connectivity index (χ3v) is 2.33. The Morgan fingerprint density at radius 3 is 2.69 bits per heavy atom. The minimum absolute atomic E-state index is 0.173. The predicted molar refractivity (Wildman–Crippen MR) is 57.8 cm³/mol. The van der Waals surface area contributed by atoms with Crippen molar-refractivity contribution in [2.24, 2.45) is 0 Å². The number of carboxylic acids is 1. The molecule has 16 heavy (non-hydrogen) atoms. The summed E-state index contributed by atoms with van der Waals surface area (Å²) in [6.45, 7) is 3.64. The van der Waals surface area contributed by atoms with Gasteiger partial charge in [-0.05, 0) is 19.9 Å². The molecule has 0 amide bonds. The molecule has 0 aliphatic rings. The highest BCUT2D eigenvalue weighted by atomic mass is 16.4. The lowest BCUT2D eigenvalue weighted by Crippen LogP contribution is -2.07. The Bertz CT molecular complexity index is 546. The Balaban J connectivity index is 2.67. The van der Waals surface area contributed by atoms with Crippen molar-refractivity contribution >= 4 is 5.97 Å². The van der Waals surface area contributed by atoms with E-state index in [0.717, 1.165) is 11.5 Å². The fourth-order valence-corrected chi connectivity index (χ4v) is 1.54. The summed E-state index contributed by atoms with van der Waals surface area (Å²) in [6.07, 6.45) is 4.74. The van der Waals surface area contributed by atoms with Gasteiger partial charge in [0.05, 0.1) is 5.69 Å². The summed E-state index contributed by atoms with van der Waals surface area (Å²) in [5.41, 5.74) is 1.54. The van der Waals surface area contributed by atoms with E-state index in [1.54, 1.807) is 23.0 Å². The zero-order valence-electron chi connectivity index (χ0n) is 9.01. The molecule has 2 rings (SSSR count). The van der Waals surface area contributed by atoms with Gasteiger partial charge in [-0.3, -0.25) is 4.98 Å². The fraction of sp³-hybridized carbons (Fsp3) is 0.182. The van der Waals surface area contributed by atoms with E-state index in [2.05, 4.69) is 9.97 Å². The van der Waals surface area contributed by atoms with Crippen molar-refractivity contribution < 1.29 is 9.90 Å². The van der Waals surface area contributed by atoms with Crippen LogP contribution in [0.3, 0.4) is 0 Å². The second-order valence-corrected chi connectivity index (χ2v) is 3.49. The van der Waals surface area contributed by atoms with Gasteiger partial charge in [0, 0.05) is 24.3 Å². The summed E-state index contributed by atoms with van der Waals surface area (Å²) >= 11 is 0. The molecule has 0 radical (unpaired) electrons. The van der Waals surface area contributed by atoms with Gasteiger partial charge in [-0.15, -0.1) is 0 Å². The van der Waals surface area contributed by atoms with Gasteiger partial charge in [-0.25, -0.2) is 9.78 Å². The molecule has 0 spiro atoms. The third kappa shape index (κ3) is 1.67. The molecule has 0 aliphatic carbocycles. The van der Waals surface area contributed by atoms with Gasteiger partial charge in [0.15, 0.2) is 0 Å². The van der Waals surface area contributed by atoms with Crippen LogP contribution in [0.25, 0.3) is 5.69 Å². The molecular weight excluding hydrogens is 206 g/mol. The monoisotopic (exact) mass is 217 g/mol. The van der Waals surface area contributed by atoms with Gasteiger partial charge < -0.3 is 9.67 Å². The van der Waals surface area contributed by atoms with E-state index in [1.807, 2.05) is 13.8 Å². The lowest BCUT2D eigenvalue weighted by atomic mass is 10.2. The Labute approximate surface area is 92.4 Å². The molecule has 0 aliphatic heterocycles. The maximum atomic E-state index is 11.1. The van der Waals surface area contributed by atoms with Crippen molar-refractivity contribution in [2.75, 3.05) is 0 Å². The molecule has 82 valence electrons. The van der Waals surface area contributed by atoms with E-state index in [1.165, 1.54) is 6.20 Å². The number of nitrogens with zero attached hydrogens (tertiary/aromatic N) is 3. The zero-order chi connectivity index (χ0) is 11.7. The van der Waals surface area contributed by atoms with Crippen LogP contribution < -0.4 is 0 Å². The van der Waals surface area contributed by atoms with E-state index < -0.39 is 5.97 Å². The number of hydrogen-bond acceptors (Lipinski definition) is 3. The summed E-state index contributed by atoms with van der Waals surface area (Å²) in [6, 6.07) is 1.73. The molecule has 1 N–H and O–H groups in total. The van der Waals surface area contributed by atoms with Crippen molar-refractivity contribution in [3.8, 4) is 5.69 Å². The first-order valence-electron chi connectivity index (χ1n) is 4.80. The summed E-state index contributed by atoms with van der Waals surface area (Å²) in [7, 11) is 0. The average molecular weight is 217 g/mol. The first-order valence-corrected chi connectivity index (χ1v) is 4.80. The minimum Gasteiger partial charge on any atom is -0.478 e. The molecule has 2 heterocycles. The molecule has 0 fully saturated rings. The number of aryl methyl sites for hydroxylation is 2. The van der Waals surface area contributed by atoms with Gasteiger partial charge in [-0.2, -0.15) is 0 Å². The van der Waals surface area contributed by atoms with Gasteiger partial charge in [0.1, 0.15) is 11.4 Å². The molecule has 0 bridgehead atoms. The standard InChI is InChI=1S/C11H11N3O2/c1-7-5-10(9(6-13-7)11(15)16)14-4-3-12-8(14)2/h3-6H,1-2H3,(H,15,16). The number of imidazole rings is 1. The predicted octanol–water partition coefficient (Wildman–Crippen LogP) is 1.58. The van der Waals surface area contributed by atoms with E-state index in [0.29, 0.717) is 5.69 Å². The number of rotatable bonds is 2. The van der Waals surface area contributed by atoms with Crippen molar-refractivity contribution in [3.05, 3.63) is 41.7 Å². The summed E-state index contributed by atoms with van der Waals surface area (Å²) in [4.78, 5) is 19.1. The van der Waals surface area contributed by atoms with Gasteiger partial charge >= 0.3 is 5.97 Å². The fourth-order valence-electron chi connectivity index (χ4n) is 1.54. The van der Waals surface area contributed by atoms with Crippen LogP contribution in [0.5, 0.6) is 0 Å². The minimum atomic E-state index is -0.990. The lowest BCUT2D eigenvalue weighted by molar-refractivity contribution is 0.0696. The molecule has 0 atom stereocenters. The Morgan fingerprint density at radius 2 is 2.12 bits per heavy atom. The number of aromatic nitrogens is 3. The first-order chi connectivity index (χ1) is 7.59. The molecule has 0 saturated heterocycles. The van der Waals surface area contributed by atoms with Gasteiger partial charge in [0.2, 0.25) is 0 Å². The number of hydrogen-bond donors (Lipinski definition) is 1. The molecule has 0 aromatic carbocycles. The van der Waals surface area contributed by atoms with Crippen LogP contribution in [0.15, 0.2) is 24.7 Å². The second-order valence-electron chi connectivity index (χ2n) is 3.49. The number of aromatic carboxylic acids is 1. The van der Waals surface area contributed by atoms with Gasteiger partial charge in [0.25, 0.3) is 0 Å². The summed E-state index contributed by atoms with van der Waals surface area (Å²) < 4.78 is 1.73. The van der Waals surface area contributed by atoms with Crippen LogP contribution in [-0.4, -0.2) is 25.6 Å². The SMILES string of the molecule is Cc1cc(-n2ccnc2C)c(C(=O)O)cn1. The average Bonchev–Trinajstić information content (AvgIpc) is 2.63. The highest BCUT2D eigenvalue weighted by Crippen LogP contribution is 2.16. The Hall–Kier alpha value is -2.17. The smallest absolute Gasteiger partial charge is 0.339 e. The molecular formula is C11H11N3O2. The first kappa shape index (κ1) is 10.4. The highest BCUT2D eigenvalue weighted by molar-refractivity contribution is 5.91. The van der Waals surface area contributed by atoms with Crippen molar-refractivity contribution in [1.82, 2.24) is 14.5 Å². The molecule has 0 unspecified atom stereocenters. The number of carbonyl (C=O) groups is 1. The van der Waals surface area contributed by atoms with E-state index in [9.17, 15) is 4.79 Å². The maximum Gasteiger partial charge on any atom is 0.339 e. The Morgan fingerprint density at radius 1 is 1.38 bits per heavy atom. The van der Waals surface area contributed by atoms with Crippen LogP contribution in [0.4, 0.5) is 0 Å². The van der Waals surface area contributed by atoms with Crippen LogP contribution in [0.1, 0.15) is 21.9 Å². The number of carboxylic acid groups (broad SMARTS) is 1. The van der Waals surface area contributed by atoms with Crippen molar-refractivity contribution in [3.63, 3.8) is 0 Å². The second kappa shape index (κ2) is 3.77. The summed E-state index contributed by atoms with van der Waals surface area (Å²) in [5, 5.41) is 9.07. The van der Waals surface area contributed by atoms with Crippen molar-refractivity contribution in [1.29, 1.82) is 0 Å². The highest BCUT2D eigenvalue weighted by Gasteiger charge is 2.13. The van der Waals surface area contributed by atoms with Crippen molar-refractivity contribution in [2.45, 2.75) is 13.8 Å². The zero-order valence-corrected chi connectivity index (χ0v) is 9.01. The topological polar surface area (TPSA) is 68.0 Å². The largest absolute Gasteiger partial charge is 0.478 e. The third-order valence-electron chi connectivity index (χ3n) is 2.33. The van der Waals surface area contributed by atoms with E-state index in [-0.39, 0.29) is 5.56 Å². The molecule has 0 saturated carbocycles. The molecule has 5 nitrogen and oxygen atoms in total.